The summed E-state index contributed by atoms with van der Waals surface area (Å²) in [5.41, 5.74) is 3.95. The molecular formula is C28H25N3O2S2. The SMILES string of the molecule is CCOc1ccc2ccccc2c1C(=O)Nc1sc2c(c1-c1nc3ccccc3s1)CCN(C)C2. The first-order valence-electron chi connectivity index (χ1n) is 11.8. The molecule has 1 aliphatic heterocycles. The second-order valence-corrected chi connectivity index (χ2v) is 10.9. The number of likely N-dealkylation sites (N-methyl/N-ethyl adjacent to an activating group) is 1. The third kappa shape index (κ3) is 3.99. The number of fused-ring (bicyclic) bond motifs is 3. The molecule has 0 spiro atoms. The van der Waals surface area contributed by atoms with E-state index in [0.29, 0.717) is 17.9 Å². The average molecular weight is 500 g/mol. The smallest absolute Gasteiger partial charge is 0.260 e. The Morgan fingerprint density at radius 3 is 2.77 bits per heavy atom. The molecule has 0 saturated heterocycles. The number of nitrogens with zero attached hydrogens (tertiary/aromatic N) is 2. The van der Waals surface area contributed by atoms with Gasteiger partial charge in [0, 0.05) is 23.5 Å². The predicted octanol–water partition coefficient (Wildman–Crippen LogP) is 6.82. The molecule has 0 unspecified atom stereocenters. The summed E-state index contributed by atoms with van der Waals surface area (Å²) >= 11 is 3.36. The fourth-order valence-electron chi connectivity index (χ4n) is 4.75. The van der Waals surface area contributed by atoms with E-state index in [-0.39, 0.29) is 5.91 Å². The van der Waals surface area contributed by atoms with Gasteiger partial charge in [-0.1, -0.05) is 42.5 Å². The van der Waals surface area contributed by atoms with Gasteiger partial charge in [0.1, 0.15) is 15.8 Å². The Hall–Kier alpha value is -3.26. The molecule has 0 bridgehead atoms. The summed E-state index contributed by atoms with van der Waals surface area (Å²) in [5, 5.41) is 7.01. The fraction of sp³-hybridized carbons (Fsp3) is 0.214. The fourth-order valence-corrected chi connectivity index (χ4v) is 7.19. The van der Waals surface area contributed by atoms with E-state index in [0.717, 1.165) is 56.1 Å². The molecule has 0 radical (unpaired) electrons. The number of aromatic nitrogens is 1. The lowest BCUT2D eigenvalue weighted by Gasteiger charge is -2.22. The maximum Gasteiger partial charge on any atom is 0.260 e. The van der Waals surface area contributed by atoms with Crippen LogP contribution in [0.5, 0.6) is 5.75 Å². The molecule has 0 aliphatic carbocycles. The van der Waals surface area contributed by atoms with Gasteiger partial charge in [0.2, 0.25) is 0 Å². The van der Waals surface area contributed by atoms with Gasteiger partial charge in [0.05, 0.1) is 22.4 Å². The molecule has 3 aromatic carbocycles. The topological polar surface area (TPSA) is 54.5 Å². The summed E-state index contributed by atoms with van der Waals surface area (Å²) in [5.74, 6) is 0.450. The zero-order valence-corrected chi connectivity index (χ0v) is 21.3. The van der Waals surface area contributed by atoms with E-state index >= 15 is 0 Å². The normalized spacial score (nSPS) is 13.8. The summed E-state index contributed by atoms with van der Waals surface area (Å²) in [6.45, 7) is 4.31. The lowest BCUT2D eigenvalue weighted by Crippen LogP contribution is -2.25. The van der Waals surface area contributed by atoms with E-state index in [9.17, 15) is 4.79 Å². The van der Waals surface area contributed by atoms with Gasteiger partial charge in [-0.25, -0.2) is 4.98 Å². The number of carbonyl (C=O) groups excluding carboxylic acids is 1. The number of anilines is 1. The minimum Gasteiger partial charge on any atom is -0.493 e. The van der Waals surface area contributed by atoms with Crippen molar-refractivity contribution in [2.45, 2.75) is 19.9 Å². The molecule has 7 heteroatoms. The number of rotatable bonds is 5. The maximum atomic E-state index is 13.8. The van der Waals surface area contributed by atoms with Crippen LogP contribution in [0.1, 0.15) is 27.7 Å². The zero-order valence-electron chi connectivity index (χ0n) is 19.6. The molecule has 1 amide bonds. The van der Waals surface area contributed by atoms with E-state index < -0.39 is 0 Å². The number of thiophene rings is 1. The Kier molecular flexibility index (Phi) is 5.76. The van der Waals surface area contributed by atoms with Gasteiger partial charge in [0.15, 0.2) is 0 Å². The van der Waals surface area contributed by atoms with Crippen molar-refractivity contribution in [2.24, 2.45) is 0 Å². The van der Waals surface area contributed by atoms with E-state index in [1.54, 1.807) is 22.7 Å². The van der Waals surface area contributed by atoms with E-state index in [1.165, 1.54) is 10.4 Å². The quantitative estimate of drug-likeness (QED) is 0.288. The van der Waals surface area contributed by atoms with Gasteiger partial charge >= 0.3 is 0 Å². The Morgan fingerprint density at radius 1 is 1.09 bits per heavy atom. The molecule has 2 aromatic heterocycles. The van der Waals surface area contributed by atoms with Crippen molar-refractivity contribution < 1.29 is 9.53 Å². The Bertz CT molecular complexity index is 1540. The standard InChI is InChI=1S/C28H25N3O2S2/c1-3-33-21-13-12-17-8-4-5-9-18(17)24(21)26(32)30-28-25(19-14-15-31(2)16-23(19)35-28)27-29-20-10-6-7-11-22(20)34-27/h4-13H,3,14-16H2,1-2H3,(H,30,32). The number of hydrogen-bond donors (Lipinski definition) is 1. The van der Waals surface area contributed by atoms with E-state index in [2.05, 4.69) is 23.3 Å². The molecule has 0 saturated carbocycles. The van der Waals surface area contributed by atoms with Gasteiger partial charge in [-0.2, -0.15) is 0 Å². The summed E-state index contributed by atoms with van der Waals surface area (Å²) in [7, 11) is 2.14. The molecule has 6 rings (SSSR count). The summed E-state index contributed by atoms with van der Waals surface area (Å²) in [6, 6.07) is 20.1. The number of benzene rings is 3. The van der Waals surface area contributed by atoms with Gasteiger partial charge in [0.25, 0.3) is 5.91 Å². The molecule has 0 fully saturated rings. The molecule has 1 aliphatic rings. The average Bonchev–Trinajstić information content (AvgIpc) is 3.44. The Labute approximate surface area is 212 Å². The van der Waals surface area contributed by atoms with Gasteiger partial charge < -0.3 is 15.0 Å². The number of thiazole rings is 1. The van der Waals surface area contributed by atoms with Crippen LogP contribution in [0.2, 0.25) is 0 Å². The first kappa shape index (κ1) is 22.2. The van der Waals surface area contributed by atoms with Crippen LogP contribution in [-0.2, 0) is 13.0 Å². The van der Waals surface area contributed by atoms with Crippen molar-refractivity contribution in [3.05, 3.63) is 76.7 Å². The van der Waals surface area contributed by atoms with Crippen LogP contribution in [0.4, 0.5) is 5.00 Å². The van der Waals surface area contributed by atoms with Gasteiger partial charge in [-0.15, -0.1) is 22.7 Å². The lowest BCUT2D eigenvalue weighted by atomic mass is 10.0. The molecule has 1 N–H and O–H groups in total. The van der Waals surface area contributed by atoms with Crippen molar-refractivity contribution in [1.82, 2.24) is 9.88 Å². The summed E-state index contributed by atoms with van der Waals surface area (Å²) in [6.07, 6.45) is 0.946. The van der Waals surface area contributed by atoms with Crippen LogP contribution in [0.3, 0.4) is 0 Å². The minimum atomic E-state index is -0.153. The molecule has 3 heterocycles. The van der Waals surface area contributed by atoms with Crippen LogP contribution < -0.4 is 10.1 Å². The molecule has 0 atom stereocenters. The van der Waals surface area contributed by atoms with Crippen LogP contribution in [-0.4, -0.2) is 36.0 Å². The third-order valence-electron chi connectivity index (χ3n) is 6.40. The van der Waals surface area contributed by atoms with Crippen molar-refractivity contribution >= 4 is 54.6 Å². The van der Waals surface area contributed by atoms with Gasteiger partial charge in [-0.05, 0) is 54.9 Å². The van der Waals surface area contributed by atoms with E-state index in [4.69, 9.17) is 9.72 Å². The highest BCUT2D eigenvalue weighted by atomic mass is 32.1. The number of carbonyl (C=O) groups is 1. The highest BCUT2D eigenvalue weighted by Crippen LogP contribution is 2.46. The number of nitrogens with one attached hydrogen (secondary N) is 1. The monoisotopic (exact) mass is 499 g/mol. The Morgan fingerprint density at radius 2 is 1.91 bits per heavy atom. The highest BCUT2D eigenvalue weighted by Gasteiger charge is 2.28. The van der Waals surface area contributed by atoms with Crippen LogP contribution >= 0.6 is 22.7 Å². The summed E-state index contributed by atoms with van der Waals surface area (Å²) in [4.78, 5) is 22.4. The van der Waals surface area contributed by atoms with Crippen LogP contribution in [0.25, 0.3) is 31.6 Å². The van der Waals surface area contributed by atoms with Gasteiger partial charge in [-0.3, -0.25) is 4.79 Å². The van der Waals surface area contributed by atoms with Crippen molar-refractivity contribution in [1.29, 1.82) is 0 Å². The number of amides is 1. The predicted molar refractivity (Wildman–Crippen MR) is 146 cm³/mol. The summed E-state index contributed by atoms with van der Waals surface area (Å²) < 4.78 is 7.03. The number of ether oxygens (including phenoxy) is 1. The third-order valence-corrected chi connectivity index (χ3v) is 8.59. The second kappa shape index (κ2) is 9.07. The molecule has 5 aromatic rings. The van der Waals surface area contributed by atoms with Crippen molar-refractivity contribution in [3.8, 4) is 16.3 Å². The first-order chi connectivity index (χ1) is 17.1. The van der Waals surface area contributed by atoms with Crippen LogP contribution in [0, 0.1) is 0 Å². The van der Waals surface area contributed by atoms with Crippen LogP contribution in [0.15, 0.2) is 60.7 Å². The highest BCUT2D eigenvalue weighted by molar-refractivity contribution is 7.23. The molecule has 35 heavy (non-hydrogen) atoms. The Balaban J connectivity index is 1.48. The molecular weight excluding hydrogens is 474 g/mol. The first-order valence-corrected chi connectivity index (χ1v) is 13.4. The molecule has 5 nitrogen and oxygen atoms in total. The number of para-hydroxylation sites is 1. The van der Waals surface area contributed by atoms with Crippen molar-refractivity contribution in [3.63, 3.8) is 0 Å². The largest absolute Gasteiger partial charge is 0.493 e. The minimum absolute atomic E-state index is 0.153. The van der Waals surface area contributed by atoms with Crippen molar-refractivity contribution in [2.75, 3.05) is 25.5 Å². The zero-order chi connectivity index (χ0) is 23.9. The maximum absolute atomic E-state index is 13.8. The lowest BCUT2D eigenvalue weighted by molar-refractivity contribution is 0.102. The van der Waals surface area contributed by atoms with E-state index in [1.807, 2.05) is 61.5 Å². The second-order valence-electron chi connectivity index (χ2n) is 8.73. The number of hydrogen-bond acceptors (Lipinski definition) is 6. The molecule has 176 valence electrons.